The van der Waals surface area contributed by atoms with Crippen molar-refractivity contribution in [1.82, 2.24) is 4.90 Å². The van der Waals surface area contributed by atoms with Crippen LogP contribution in [0.15, 0.2) is 48.5 Å². The zero-order valence-corrected chi connectivity index (χ0v) is 20.4. The molecule has 1 saturated carbocycles. The molecule has 178 valence electrons. The maximum absolute atomic E-state index is 15.0. The highest BCUT2D eigenvalue weighted by atomic mass is 19.1. The molecule has 2 aromatic carbocycles. The normalized spacial score (nSPS) is 17.3. The highest BCUT2D eigenvalue weighted by Crippen LogP contribution is 2.47. The summed E-state index contributed by atoms with van der Waals surface area (Å²) >= 11 is 0. The molecule has 0 aliphatic heterocycles. The SMILES string of the molecule is CCC(CCC(C#N)(c1c(F)cccc1F)C1CCCC1)N(CCc1ccccc1)C(C)C. The van der Waals surface area contributed by atoms with Gasteiger partial charge in [-0.2, -0.15) is 5.26 Å². The van der Waals surface area contributed by atoms with Gasteiger partial charge in [-0.3, -0.25) is 4.90 Å². The zero-order valence-electron chi connectivity index (χ0n) is 20.4. The second-order valence-electron chi connectivity index (χ2n) is 9.83. The van der Waals surface area contributed by atoms with Crippen LogP contribution in [0, 0.1) is 28.9 Å². The summed E-state index contributed by atoms with van der Waals surface area (Å²) in [5.74, 6) is -1.16. The fourth-order valence-electron chi connectivity index (χ4n) is 5.84. The lowest BCUT2D eigenvalue weighted by atomic mass is 9.66. The molecule has 0 saturated heterocycles. The van der Waals surface area contributed by atoms with E-state index in [1.54, 1.807) is 0 Å². The van der Waals surface area contributed by atoms with E-state index in [2.05, 4.69) is 56.0 Å². The molecular weight excluding hydrogens is 414 g/mol. The molecule has 2 unspecified atom stereocenters. The van der Waals surface area contributed by atoms with Crippen molar-refractivity contribution in [3.63, 3.8) is 0 Å². The van der Waals surface area contributed by atoms with Crippen LogP contribution in [0.2, 0.25) is 0 Å². The Kier molecular flexibility index (Phi) is 9.03. The van der Waals surface area contributed by atoms with Crippen molar-refractivity contribution in [2.45, 2.75) is 89.6 Å². The number of nitriles is 1. The van der Waals surface area contributed by atoms with Crippen LogP contribution in [-0.2, 0) is 11.8 Å². The smallest absolute Gasteiger partial charge is 0.130 e. The van der Waals surface area contributed by atoms with Gasteiger partial charge in [-0.1, -0.05) is 56.2 Å². The van der Waals surface area contributed by atoms with E-state index in [-0.39, 0.29) is 17.5 Å². The number of rotatable bonds is 11. The average molecular weight is 453 g/mol. The van der Waals surface area contributed by atoms with Crippen LogP contribution in [-0.4, -0.2) is 23.5 Å². The molecule has 0 bridgehead atoms. The van der Waals surface area contributed by atoms with E-state index in [4.69, 9.17) is 0 Å². The molecular formula is C29H38F2N2. The quantitative estimate of drug-likeness (QED) is 0.354. The van der Waals surface area contributed by atoms with Gasteiger partial charge in [0.15, 0.2) is 0 Å². The van der Waals surface area contributed by atoms with Crippen LogP contribution in [0.3, 0.4) is 0 Å². The van der Waals surface area contributed by atoms with Crippen LogP contribution in [0.5, 0.6) is 0 Å². The van der Waals surface area contributed by atoms with Crippen molar-refractivity contribution in [1.29, 1.82) is 5.26 Å². The molecule has 0 N–H and O–H groups in total. The van der Waals surface area contributed by atoms with Crippen molar-refractivity contribution >= 4 is 0 Å². The molecule has 2 nitrogen and oxygen atoms in total. The molecule has 1 aliphatic rings. The number of hydrogen-bond donors (Lipinski definition) is 0. The fraction of sp³-hybridized carbons (Fsp3) is 0.552. The minimum Gasteiger partial charge on any atom is -0.298 e. The minimum atomic E-state index is -1.11. The third-order valence-electron chi connectivity index (χ3n) is 7.64. The summed E-state index contributed by atoms with van der Waals surface area (Å²) in [6, 6.07) is 17.6. The van der Waals surface area contributed by atoms with Crippen LogP contribution >= 0.6 is 0 Å². The molecule has 0 aromatic heterocycles. The molecule has 4 heteroatoms. The molecule has 1 fully saturated rings. The summed E-state index contributed by atoms with van der Waals surface area (Å²) in [5, 5.41) is 10.4. The molecule has 3 rings (SSSR count). The van der Waals surface area contributed by atoms with Crippen LogP contribution < -0.4 is 0 Å². The van der Waals surface area contributed by atoms with Crippen molar-refractivity contribution in [3.05, 3.63) is 71.3 Å². The van der Waals surface area contributed by atoms with Gasteiger partial charge in [0.25, 0.3) is 0 Å². The lowest BCUT2D eigenvalue weighted by molar-refractivity contribution is 0.131. The van der Waals surface area contributed by atoms with Gasteiger partial charge in [-0.15, -0.1) is 0 Å². The molecule has 0 radical (unpaired) electrons. The van der Waals surface area contributed by atoms with Crippen LogP contribution in [0.4, 0.5) is 8.78 Å². The highest BCUT2D eigenvalue weighted by Gasteiger charge is 2.45. The molecule has 0 spiro atoms. The average Bonchev–Trinajstić information content (AvgIpc) is 3.35. The predicted octanol–water partition coefficient (Wildman–Crippen LogP) is 7.43. The van der Waals surface area contributed by atoms with Crippen LogP contribution in [0.1, 0.15) is 76.8 Å². The van der Waals surface area contributed by atoms with Gasteiger partial charge in [-0.25, -0.2) is 8.78 Å². The van der Waals surface area contributed by atoms with E-state index in [0.717, 1.165) is 51.5 Å². The number of nitrogens with zero attached hydrogens (tertiary/aromatic N) is 2. The summed E-state index contributed by atoms with van der Waals surface area (Å²) in [7, 11) is 0. The maximum Gasteiger partial charge on any atom is 0.130 e. The molecule has 2 aromatic rings. The monoisotopic (exact) mass is 452 g/mol. The van der Waals surface area contributed by atoms with Crippen LogP contribution in [0.25, 0.3) is 0 Å². The third-order valence-corrected chi connectivity index (χ3v) is 7.64. The number of benzene rings is 2. The van der Waals surface area contributed by atoms with Gasteiger partial charge >= 0.3 is 0 Å². The van der Waals surface area contributed by atoms with E-state index in [0.29, 0.717) is 12.5 Å². The summed E-state index contributed by atoms with van der Waals surface area (Å²) in [5.41, 5.74) is 0.194. The largest absolute Gasteiger partial charge is 0.298 e. The van der Waals surface area contributed by atoms with E-state index < -0.39 is 17.0 Å². The Hall–Kier alpha value is -2.25. The summed E-state index contributed by atoms with van der Waals surface area (Å²) in [4.78, 5) is 2.50. The lowest BCUT2D eigenvalue weighted by Crippen LogP contribution is -2.43. The Balaban J connectivity index is 1.85. The van der Waals surface area contributed by atoms with Gasteiger partial charge in [0.2, 0.25) is 0 Å². The topological polar surface area (TPSA) is 27.0 Å². The van der Waals surface area contributed by atoms with E-state index in [9.17, 15) is 14.0 Å². The Morgan fingerprint density at radius 3 is 2.21 bits per heavy atom. The molecule has 33 heavy (non-hydrogen) atoms. The van der Waals surface area contributed by atoms with Gasteiger partial charge in [0.1, 0.15) is 11.6 Å². The molecule has 2 atom stereocenters. The second-order valence-corrected chi connectivity index (χ2v) is 9.83. The maximum atomic E-state index is 15.0. The highest BCUT2D eigenvalue weighted by molar-refractivity contribution is 5.36. The third kappa shape index (κ3) is 5.82. The fourth-order valence-corrected chi connectivity index (χ4v) is 5.84. The first-order chi connectivity index (χ1) is 15.9. The first-order valence-corrected chi connectivity index (χ1v) is 12.6. The Bertz CT molecular complexity index is 895. The van der Waals surface area contributed by atoms with Gasteiger partial charge in [-0.05, 0) is 76.0 Å². The predicted molar refractivity (Wildman–Crippen MR) is 131 cm³/mol. The molecule has 0 heterocycles. The van der Waals surface area contributed by atoms with Crippen molar-refractivity contribution < 1.29 is 8.78 Å². The minimum absolute atomic E-state index is 0.00299. The Morgan fingerprint density at radius 2 is 1.67 bits per heavy atom. The standard InChI is InChI=1S/C29H38F2N2/c1-4-25(33(22(2)3)20-18-23-11-6-5-7-12-23)17-19-29(21-32,24-13-8-9-14-24)28-26(30)15-10-16-27(28)31/h5-7,10-12,15-16,22,24-25H,4,8-9,13-14,17-20H2,1-3H3. The Morgan fingerprint density at radius 1 is 1.03 bits per heavy atom. The van der Waals surface area contributed by atoms with Gasteiger partial charge in [0.05, 0.1) is 11.5 Å². The van der Waals surface area contributed by atoms with Gasteiger partial charge < -0.3 is 0 Å². The lowest BCUT2D eigenvalue weighted by Gasteiger charge is -2.39. The summed E-state index contributed by atoms with van der Waals surface area (Å²) in [6.45, 7) is 7.52. The first kappa shape index (κ1) is 25.4. The van der Waals surface area contributed by atoms with Crippen molar-refractivity contribution in [2.75, 3.05) is 6.54 Å². The number of halogens is 2. The number of hydrogen-bond acceptors (Lipinski definition) is 2. The van der Waals surface area contributed by atoms with E-state index in [1.807, 2.05) is 6.07 Å². The first-order valence-electron chi connectivity index (χ1n) is 12.6. The van der Waals surface area contributed by atoms with Crippen molar-refractivity contribution in [2.24, 2.45) is 5.92 Å². The zero-order chi connectivity index (χ0) is 23.8. The summed E-state index contributed by atoms with van der Waals surface area (Å²) in [6.07, 6.45) is 6.91. The Labute approximate surface area is 198 Å². The molecule has 1 aliphatic carbocycles. The van der Waals surface area contributed by atoms with E-state index >= 15 is 0 Å². The van der Waals surface area contributed by atoms with Gasteiger partial charge in [0, 0.05) is 24.2 Å². The van der Waals surface area contributed by atoms with Crippen molar-refractivity contribution in [3.8, 4) is 6.07 Å². The molecule has 0 amide bonds. The summed E-state index contributed by atoms with van der Waals surface area (Å²) < 4.78 is 30.0. The second kappa shape index (κ2) is 11.7. The van der Waals surface area contributed by atoms with E-state index in [1.165, 1.54) is 23.8 Å².